The summed E-state index contributed by atoms with van der Waals surface area (Å²) >= 11 is -1.56. The van der Waals surface area contributed by atoms with Crippen molar-refractivity contribution in [3.63, 3.8) is 0 Å². The van der Waals surface area contributed by atoms with E-state index in [2.05, 4.69) is 0 Å². The van der Waals surface area contributed by atoms with E-state index in [1.54, 1.807) is 0 Å². The maximum absolute atomic E-state index is 11.2. The van der Waals surface area contributed by atoms with Crippen LogP contribution in [0.5, 0.6) is 0 Å². The predicted octanol–water partition coefficient (Wildman–Crippen LogP) is -1.34. The second-order valence-corrected chi connectivity index (χ2v) is 6.55. The third-order valence-electron chi connectivity index (χ3n) is 1.42. The Balaban J connectivity index is 2.50. The molecule has 0 bridgehead atoms. The average Bonchev–Trinajstić information content (AvgIpc) is 2.23. The van der Waals surface area contributed by atoms with Crippen LogP contribution in [0, 0.1) is 0 Å². The van der Waals surface area contributed by atoms with E-state index in [-0.39, 0.29) is 0 Å². The number of hydrogen-bond acceptors (Lipinski definition) is 8. The Morgan fingerprint density at radius 3 is 1.87 bits per heavy atom. The summed E-state index contributed by atoms with van der Waals surface area (Å²) in [5, 5.41) is 0. The second kappa shape index (κ2) is 6.83. The summed E-state index contributed by atoms with van der Waals surface area (Å²) in [5.74, 6) is -0.156. The Labute approximate surface area is 106 Å². The molecule has 15 heavy (non-hydrogen) atoms. The van der Waals surface area contributed by atoms with E-state index in [9.17, 15) is 9.59 Å². The molecule has 1 fully saturated rings. The molecule has 1 rings (SSSR count). The zero-order valence-corrected chi connectivity index (χ0v) is 11.5. The molecule has 0 amide bonds. The van der Waals surface area contributed by atoms with E-state index in [0.717, 1.165) is 0 Å². The summed E-state index contributed by atoms with van der Waals surface area (Å²) in [7, 11) is 2.79. The van der Waals surface area contributed by atoms with Gasteiger partial charge >= 0.3 is 106 Å². The van der Waals surface area contributed by atoms with E-state index < -0.39 is 45.8 Å². The van der Waals surface area contributed by atoms with E-state index in [1.165, 1.54) is 21.6 Å². The number of rotatable bonds is 0. The quantitative estimate of drug-likeness (QED) is 0.401. The fraction of sp³-hybridized carbons (Fsp3) is 0.667. The van der Waals surface area contributed by atoms with Crippen LogP contribution in [-0.2, 0) is 15.8 Å². The van der Waals surface area contributed by atoms with Crippen LogP contribution in [0.4, 0.5) is 0 Å². The summed E-state index contributed by atoms with van der Waals surface area (Å²) in [4.78, 5) is 22.3. The Hall–Kier alpha value is 0.350. The van der Waals surface area contributed by atoms with Crippen molar-refractivity contribution >= 4 is 55.3 Å². The van der Waals surface area contributed by atoms with Gasteiger partial charge in [-0.3, -0.25) is 0 Å². The van der Waals surface area contributed by atoms with Crippen molar-refractivity contribution in [1.29, 1.82) is 0 Å². The van der Waals surface area contributed by atoms with Gasteiger partial charge in [0, 0.05) is 0 Å². The van der Waals surface area contributed by atoms with Gasteiger partial charge in [0.1, 0.15) is 0 Å². The van der Waals surface area contributed by atoms with Gasteiger partial charge in [-0.1, -0.05) is 0 Å². The molecule has 1 saturated heterocycles. The SMILES string of the molecule is N[C@@H]1CSSC[C@@H](N)C(=O)O[Te]OC1=O. The van der Waals surface area contributed by atoms with Gasteiger partial charge in [-0.15, -0.1) is 0 Å². The second-order valence-electron chi connectivity index (χ2n) is 2.65. The van der Waals surface area contributed by atoms with Gasteiger partial charge in [-0.25, -0.2) is 0 Å². The van der Waals surface area contributed by atoms with Gasteiger partial charge < -0.3 is 0 Å². The first-order valence-corrected chi connectivity index (χ1v) is 8.35. The first-order chi connectivity index (χ1) is 7.11. The molecule has 1 aliphatic rings. The first kappa shape index (κ1) is 13.4. The summed E-state index contributed by atoms with van der Waals surface area (Å²) in [6, 6.07) is -1.33. The first-order valence-electron chi connectivity index (χ1n) is 3.95. The molecule has 86 valence electrons. The van der Waals surface area contributed by atoms with Crippen molar-refractivity contribution in [3.05, 3.63) is 0 Å². The van der Waals surface area contributed by atoms with E-state index in [4.69, 9.17) is 17.7 Å². The summed E-state index contributed by atoms with van der Waals surface area (Å²) in [6.45, 7) is 0. The number of carbonyl (C=O) groups is 2. The van der Waals surface area contributed by atoms with Crippen molar-refractivity contribution < 1.29 is 15.8 Å². The van der Waals surface area contributed by atoms with Crippen LogP contribution in [0.2, 0.25) is 0 Å². The molecule has 0 radical (unpaired) electrons. The molecule has 0 spiro atoms. The molecule has 0 aliphatic carbocycles. The summed E-state index contributed by atoms with van der Waals surface area (Å²) in [6.07, 6.45) is 0. The van der Waals surface area contributed by atoms with Crippen LogP contribution < -0.4 is 11.5 Å². The minimum absolute atomic E-state index is 0.442. The fourth-order valence-electron chi connectivity index (χ4n) is 0.587. The number of nitrogens with two attached hydrogens (primary N) is 2. The van der Waals surface area contributed by atoms with E-state index >= 15 is 0 Å². The molecule has 6 nitrogen and oxygen atoms in total. The molecule has 1 heterocycles. The molecular formula is C6H10N2O4S2Te. The molecule has 0 aromatic carbocycles. The van der Waals surface area contributed by atoms with E-state index in [1.807, 2.05) is 0 Å². The van der Waals surface area contributed by atoms with Crippen LogP contribution in [0.15, 0.2) is 0 Å². The Morgan fingerprint density at radius 1 is 1.07 bits per heavy atom. The zero-order valence-electron chi connectivity index (χ0n) is 7.58. The molecule has 0 unspecified atom stereocenters. The fourth-order valence-corrected chi connectivity index (χ4v) is 3.99. The van der Waals surface area contributed by atoms with E-state index in [0.29, 0.717) is 11.5 Å². The zero-order chi connectivity index (χ0) is 11.3. The average molecular weight is 366 g/mol. The topological polar surface area (TPSA) is 105 Å². The Kier molecular flexibility index (Phi) is 6.11. The van der Waals surface area contributed by atoms with Crippen LogP contribution in [0.3, 0.4) is 0 Å². The standard InChI is InChI=1S/C6H10N2O4S2Te/c7-3-1-13-14-2-4(8)6(10)12-15-11-5(3)9/h3-4H,1-2,7-8H2/t3-,4-/m1/s1. The van der Waals surface area contributed by atoms with Crippen molar-refractivity contribution in [2.45, 2.75) is 12.1 Å². The minimum atomic E-state index is -1.56. The van der Waals surface area contributed by atoms with Crippen molar-refractivity contribution in [2.75, 3.05) is 11.5 Å². The third kappa shape index (κ3) is 4.80. The van der Waals surface area contributed by atoms with Crippen molar-refractivity contribution in [1.82, 2.24) is 0 Å². The molecule has 0 saturated carbocycles. The molecule has 0 aromatic heterocycles. The third-order valence-corrected chi connectivity index (χ3v) is 5.22. The van der Waals surface area contributed by atoms with Gasteiger partial charge in [0.2, 0.25) is 0 Å². The summed E-state index contributed by atoms with van der Waals surface area (Å²) in [5.41, 5.74) is 11.1. The van der Waals surface area contributed by atoms with Gasteiger partial charge in [0.15, 0.2) is 0 Å². The van der Waals surface area contributed by atoms with Gasteiger partial charge in [0.05, 0.1) is 0 Å². The van der Waals surface area contributed by atoms with Gasteiger partial charge in [-0.2, -0.15) is 0 Å². The number of hydrogen-bond donors (Lipinski definition) is 2. The normalized spacial score (nSPS) is 30.0. The Morgan fingerprint density at radius 2 is 1.47 bits per heavy atom. The van der Waals surface area contributed by atoms with Crippen molar-refractivity contribution in [2.24, 2.45) is 11.5 Å². The van der Waals surface area contributed by atoms with Gasteiger partial charge in [0.25, 0.3) is 0 Å². The summed E-state index contributed by atoms with van der Waals surface area (Å²) < 4.78 is 9.50. The molecule has 0 aromatic rings. The van der Waals surface area contributed by atoms with Gasteiger partial charge in [-0.05, 0) is 0 Å². The van der Waals surface area contributed by atoms with Crippen LogP contribution in [-0.4, -0.2) is 57.3 Å². The molecule has 1 aliphatic heterocycles. The van der Waals surface area contributed by atoms with Crippen molar-refractivity contribution in [3.8, 4) is 0 Å². The maximum atomic E-state index is 11.2. The molecule has 4 N–H and O–H groups in total. The van der Waals surface area contributed by atoms with Crippen LogP contribution in [0.1, 0.15) is 0 Å². The molecule has 2 atom stereocenters. The monoisotopic (exact) mass is 368 g/mol. The molecule has 9 heteroatoms. The van der Waals surface area contributed by atoms with Crippen LogP contribution >= 0.6 is 21.6 Å². The predicted molar refractivity (Wildman–Crippen MR) is 58.8 cm³/mol. The van der Waals surface area contributed by atoms with Crippen LogP contribution in [0.25, 0.3) is 0 Å². The molecular weight excluding hydrogens is 356 g/mol. The number of carbonyl (C=O) groups excluding carboxylic acids is 2. The Bertz CT molecular complexity index is 231.